The minimum absolute atomic E-state index is 0.0167. The maximum atomic E-state index is 10.9. The lowest BCUT2D eigenvalue weighted by atomic mass is 10.3. The van der Waals surface area contributed by atoms with Crippen LogP contribution in [0.2, 0.25) is 0 Å². The van der Waals surface area contributed by atoms with E-state index in [0.717, 1.165) is 12.1 Å². The van der Waals surface area contributed by atoms with E-state index in [1.165, 1.54) is 6.20 Å². The van der Waals surface area contributed by atoms with Gasteiger partial charge in [0, 0.05) is 18.9 Å². The number of imidazole rings is 1. The molecule has 0 bridgehead atoms. The quantitative estimate of drug-likeness (QED) is 0.880. The third kappa shape index (κ3) is 3.03. The first kappa shape index (κ1) is 13.4. The van der Waals surface area contributed by atoms with Gasteiger partial charge in [-0.3, -0.25) is 0 Å². The first-order valence-corrected chi connectivity index (χ1v) is 5.97. The number of carboxylic acids is 1. The fourth-order valence-electron chi connectivity index (χ4n) is 1.75. The summed E-state index contributed by atoms with van der Waals surface area (Å²) in [6.07, 6.45) is 3.32. The Morgan fingerprint density at radius 2 is 2.21 bits per heavy atom. The molecule has 0 aliphatic rings. The molecule has 2 aromatic heterocycles. The fourth-order valence-corrected chi connectivity index (χ4v) is 1.75. The fraction of sp³-hybridized carbons (Fsp3) is 0.385. The van der Waals surface area contributed by atoms with E-state index in [0.29, 0.717) is 18.0 Å². The highest BCUT2D eigenvalue weighted by Gasteiger charge is 2.13. The number of pyridine rings is 1. The summed E-state index contributed by atoms with van der Waals surface area (Å²) in [6, 6.07) is 1.86. The third-order valence-corrected chi connectivity index (χ3v) is 2.67. The average Bonchev–Trinajstić information content (AvgIpc) is 2.72. The molecule has 0 aliphatic heterocycles. The van der Waals surface area contributed by atoms with Crippen LogP contribution in [0.3, 0.4) is 0 Å². The Labute approximate surface area is 111 Å². The van der Waals surface area contributed by atoms with E-state index in [1.54, 1.807) is 4.40 Å². The molecular formula is C13H17N3O3. The van der Waals surface area contributed by atoms with Gasteiger partial charge in [0.05, 0.1) is 0 Å². The van der Waals surface area contributed by atoms with Gasteiger partial charge in [0.15, 0.2) is 17.1 Å². The molecule has 0 saturated heterocycles. The highest BCUT2D eigenvalue weighted by atomic mass is 16.5. The third-order valence-electron chi connectivity index (χ3n) is 2.67. The van der Waals surface area contributed by atoms with Crippen molar-refractivity contribution in [2.45, 2.75) is 6.92 Å². The Balaban J connectivity index is 2.33. The molecule has 0 radical (unpaired) electrons. The first-order valence-electron chi connectivity index (χ1n) is 5.97. The van der Waals surface area contributed by atoms with Crippen LogP contribution in [-0.4, -0.2) is 52.6 Å². The monoisotopic (exact) mass is 263 g/mol. The van der Waals surface area contributed by atoms with Crippen LogP contribution in [0.4, 0.5) is 0 Å². The topological polar surface area (TPSA) is 67.1 Å². The van der Waals surface area contributed by atoms with Crippen LogP contribution >= 0.6 is 0 Å². The lowest BCUT2D eigenvalue weighted by Crippen LogP contribution is -2.19. The molecule has 6 heteroatoms. The minimum Gasteiger partial charge on any atom is -0.488 e. The van der Waals surface area contributed by atoms with Gasteiger partial charge in [0.1, 0.15) is 6.61 Å². The lowest BCUT2D eigenvalue weighted by molar-refractivity contribution is 0.0691. The normalized spacial score (nSPS) is 11.2. The number of fused-ring (bicyclic) bond motifs is 1. The van der Waals surface area contributed by atoms with Crippen LogP contribution in [0.5, 0.6) is 5.75 Å². The number of likely N-dealkylation sites (N-methyl/N-ethyl adjacent to an activating group) is 1. The SMILES string of the molecule is Cc1cc(OCCN(C)C)c2nc(C(=O)O)cn2c1. The molecule has 19 heavy (non-hydrogen) atoms. The number of carboxylic acid groups (broad SMARTS) is 1. The molecular weight excluding hydrogens is 246 g/mol. The van der Waals surface area contributed by atoms with Crippen molar-refractivity contribution < 1.29 is 14.6 Å². The smallest absolute Gasteiger partial charge is 0.356 e. The summed E-state index contributed by atoms with van der Waals surface area (Å²) >= 11 is 0. The zero-order chi connectivity index (χ0) is 14.0. The lowest BCUT2D eigenvalue weighted by Gasteiger charge is -2.12. The van der Waals surface area contributed by atoms with E-state index in [2.05, 4.69) is 4.98 Å². The number of rotatable bonds is 5. The molecule has 0 amide bonds. The molecule has 1 N–H and O–H groups in total. The minimum atomic E-state index is -1.04. The largest absolute Gasteiger partial charge is 0.488 e. The number of ether oxygens (including phenoxy) is 1. The summed E-state index contributed by atoms with van der Waals surface area (Å²) in [6.45, 7) is 3.24. The summed E-state index contributed by atoms with van der Waals surface area (Å²) < 4.78 is 7.37. The van der Waals surface area contributed by atoms with Gasteiger partial charge in [-0.05, 0) is 32.6 Å². The van der Waals surface area contributed by atoms with Gasteiger partial charge in [-0.15, -0.1) is 0 Å². The summed E-state index contributed by atoms with van der Waals surface area (Å²) in [5, 5.41) is 8.97. The van der Waals surface area contributed by atoms with Gasteiger partial charge in [0.25, 0.3) is 0 Å². The van der Waals surface area contributed by atoms with Crippen molar-refractivity contribution in [3.8, 4) is 5.75 Å². The predicted molar refractivity (Wildman–Crippen MR) is 70.9 cm³/mol. The molecule has 0 aliphatic carbocycles. The second-order valence-corrected chi connectivity index (χ2v) is 4.70. The molecule has 0 aromatic carbocycles. The van der Waals surface area contributed by atoms with Crippen LogP contribution in [0, 0.1) is 6.92 Å². The standard InChI is InChI=1S/C13H17N3O3/c1-9-6-11(19-5-4-15(2)3)12-14-10(13(17)18)8-16(12)7-9/h6-8H,4-5H2,1-3H3,(H,17,18). The van der Waals surface area contributed by atoms with Gasteiger partial charge >= 0.3 is 5.97 Å². The number of aryl methyl sites for hydroxylation is 1. The van der Waals surface area contributed by atoms with Gasteiger partial charge in [-0.2, -0.15) is 0 Å². The number of nitrogens with zero attached hydrogens (tertiary/aromatic N) is 3. The number of hydrogen-bond donors (Lipinski definition) is 1. The van der Waals surface area contributed by atoms with Gasteiger partial charge in [-0.25, -0.2) is 9.78 Å². The Kier molecular flexibility index (Phi) is 3.71. The van der Waals surface area contributed by atoms with E-state index in [-0.39, 0.29) is 5.69 Å². The van der Waals surface area contributed by atoms with Crippen molar-refractivity contribution in [3.63, 3.8) is 0 Å². The van der Waals surface area contributed by atoms with Crippen molar-refractivity contribution in [1.29, 1.82) is 0 Å². The van der Waals surface area contributed by atoms with Crippen molar-refractivity contribution in [2.24, 2.45) is 0 Å². The van der Waals surface area contributed by atoms with Crippen LogP contribution in [0.1, 0.15) is 16.1 Å². The molecule has 0 saturated carbocycles. The summed E-state index contributed by atoms with van der Waals surface area (Å²) in [5.74, 6) is -0.435. The van der Waals surface area contributed by atoms with Gasteiger partial charge in [0.2, 0.25) is 0 Å². The van der Waals surface area contributed by atoms with E-state index in [4.69, 9.17) is 9.84 Å². The number of hydrogen-bond acceptors (Lipinski definition) is 4. The van der Waals surface area contributed by atoms with E-state index < -0.39 is 5.97 Å². The second-order valence-electron chi connectivity index (χ2n) is 4.70. The van der Waals surface area contributed by atoms with E-state index in [1.807, 2.05) is 38.2 Å². The molecule has 0 fully saturated rings. The number of aromatic carboxylic acids is 1. The first-order chi connectivity index (χ1) is 8.97. The molecule has 0 unspecified atom stereocenters. The average molecular weight is 263 g/mol. The van der Waals surface area contributed by atoms with Gasteiger partial charge in [-0.1, -0.05) is 0 Å². The molecule has 0 atom stereocenters. The summed E-state index contributed by atoms with van der Waals surface area (Å²) in [5.41, 5.74) is 1.53. The summed E-state index contributed by atoms with van der Waals surface area (Å²) in [7, 11) is 3.93. The maximum Gasteiger partial charge on any atom is 0.356 e. The molecule has 102 valence electrons. The van der Waals surface area contributed by atoms with Crippen molar-refractivity contribution in [1.82, 2.24) is 14.3 Å². The zero-order valence-corrected chi connectivity index (χ0v) is 11.3. The molecule has 6 nitrogen and oxygen atoms in total. The van der Waals surface area contributed by atoms with Crippen molar-refractivity contribution in [3.05, 3.63) is 29.7 Å². The molecule has 2 aromatic rings. The van der Waals surface area contributed by atoms with Gasteiger partial charge < -0.3 is 19.1 Å². The van der Waals surface area contributed by atoms with Crippen LogP contribution in [-0.2, 0) is 0 Å². The Bertz CT molecular complexity index is 604. The Morgan fingerprint density at radius 3 is 2.84 bits per heavy atom. The highest BCUT2D eigenvalue weighted by molar-refractivity contribution is 5.86. The molecule has 0 spiro atoms. The predicted octanol–water partition coefficient (Wildman–Crippen LogP) is 1.28. The highest BCUT2D eigenvalue weighted by Crippen LogP contribution is 2.21. The maximum absolute atomic E-state index is 10.9. The van der Waals surface area contributed by atoms with E-state index in [9.17, 15) is 4.79 Å². The van der Waals surface area contributed by atoms with Crippen LogP contribution < -0.4 is 4.74 Å². The van der Waals surface area contributed by atoms with Crippen molar-refractivity contribution >= 4 is 11.6 Å². The molecule has 2 heterocycles. The second kappa shape index (κ2) is 5.27. The number of carbonyl (C=O) groups is 1. The van der Waals surface area contributed by atoms with E-state index >= 15 is 0 Å². The van der Waals surface area contributed by atoms with Crippen LogP contribution in [0.25, 0.3) is 5.65 Å². The Hall–Kier alpha value is -2.08. The summed E-state index contributed by atoms with van der Waals surface area (Å²) in [4.78, 5) is 17.0. The zero-order valence-electron chi connectivity index (χ0n) is 11.3. The Morgan fingerprint density at radius 1 is 1.47 bits per heavy atom. The van der Waals surface area contributed by atoms with Crippen LogP contribution in [0.15, 0.2) is 18.5 Å². The molecule has 2 rings (SSSR count). The van der Waals surface area contributed by atoms with Crippen molar-refractivity contribution in [2.75, 3.05) is 27.2 Å². The number of aromatic nitrogens is 2.